The van der Waals surface area contributed by atoms with Crippen molar-refractivity contribution in [3.05, 3.63) is 24.2 Å². The van der Waals surface area contributed by atoms with Gasteiger partial charge in [0, 0.05) is 26.6 Å². The van der Waals surface area contributed by atoms with Crippen LogP contribution in [0.5, 0.6) is 0 Å². The predicted molar refractivity (Wildman–Crippen MR) is 71.8 cm³/mol. The smallest absolute Gasteiger partial charge is 0.249 e. The third-order valence-electron chi connectivity index (χ3n) is 3.28. The lowest BCUT2D eigenvalue weighted by atomic mass is 10.2. The van der Waals surface area contributed by atoms with E-state index in [4.69, 9.17) is 9.15 Å². The molecule has 6 heteroatoms. The highest BCUT2D eigenvalue weighted by Gasteiger charge is 2.23. The van der Waals surface area contributed by atoms with E-state index in [0.717, 1.165) is 18.6 Å². The van der Waals surface area contributed by atoms with Gasteiger partial charge in [-0.15, -0.1) is 0 Å². The average Bonchev–Trinajstić information content (AvgIpc) is 3.10. The Balaban J connectivity index is 1.74. The Bertz CT molecular complexity index is 438. The van der Waals surface area contributed by atoms with Gasteiger partial charge in [-0.1, -0.05) is 0 Å². The van der Waals surface area contributed by atoms with E-state index >= 15 is 0 Å². The zero-order chi connectivity index (χ0) is 14.4. The van der Waals surface area contributed by atoms with Crippen LogP contribution < -0.4 is 5.32 Å². The van der Waals surface area contributed by atoms with Crippen LogP contribution in [0.4, 0.5) is 0 Å². The minimum absolute atomic E-state index is 0.0484. The SMILES string of the molecule is CC(=O)N(CCNC(=O)C1CCCO1)Cc1ccco1. The van der Waals surface area contributed by atoms with Crippen molar-refractivity contribution < 1.29 is 18.7 Å². The second-order valence-corrected chi connectivity index (χ2v) is 4.81. The number of hydrogen-bond donors (Lipinski definition) is 1. The summed E-state index contributed by atoms with van der Waals surface area (Å²) in [6.07, 6.45) is 2.95. The lowest BCUT2D eigenvalue weighted by molar-refractivity contribution is -0.132. The summed E-state index contributed by atoms with van der Waals surface area (Å²) in [5.74, 6) is 0.586. The fraction of sp³-hybridized carbons (Fsp3) is 0.571. The van der Waals surface area contributed by atoms with E-state index in [-0.39, 0.29) is 17.9 Å². The van der Waals surface area contributed by atoms with Gasteiger partial charge in [-0.25, -0.2) is 0 Å². The lowest BCUT2D eigenvalue weighted by Gasteiger charge is -2.20. The van der Waals surface area contributed by atoms with Crippen LogP contribution in [0.3, 0.4) is 0 Å². The zero-order valence-electron chi connectivity index (χ0n) is 11.6. The first-order chi connectivity index (χ1) is 9.66. The van der Waals surface area contributed by atoms with Crippen LogP contribution in [-0.2, 0) is 20.9 Å². The first kappa shape index (κ1) is 14.6. The summed E-state index contributed by atoms with van der Waals surface area (Å²) >= 11 is 0. The van der Waals surface area contributed by atoms with Gasteiger partial charge in [0.25, 0.3) is 0 Å². The minimum Gasteiger partial charge on any atom is -0.467 e. The number of nitrogens with zero attached hydrogens (tertiary/aromatic N) is 1. The summed E-state index contributed by atoms with van der Waals surface area (Å²) in [6, 6.07) is 3.60. The van der Waals surface area contributed by atoms with Crippen LogP contribution in [0.25, 0.3) is 0 Å². The highest BCUT2D eigenvalue weighted by molar-refractivity contribution is 5.81. The molecule has 1 aliphatic rings. The second-order valence-electron chi connectivity index (χ2n) is 4.81. The van der Waals surface area contributed by atoms with Crippen LogP contribution in [0.2, 0.25) is 0 Å². The quantitative estimate of drug-likeness (QED) is 0.841. The van der Waals surface area contributed by atoms with Crippen molar-refractivity contribution in [2.75, 3.05) is 19.7 Å². The van der Waals surface area contributed by atoms with Crippen LogP contribution >= 0.6 is 0 Å². The van der Waals surface area contributed by atoms with E-state index in [2.05, 4.69) is 5.32 Å². The zero-order valence-corrected chi connectivity index (χ0v) is 11.6. The molecule has 1 fully saturated rings. The molecule has 1 N–H and O–H groups in total. The van der Waals surface area contributed by atoms with E-state index in [1.54, 1.807) is 17.2 Å². The Kier molecular flexibility index (Phi) is 5.17. The Morgan fingerprint density at radius 2 is 2.35 bits per heavy atom. The molecule has 1 aromatic heterocycles. The monoisotopic (exact) mass is 280 g/mol. The van der Waals surface area contributed by atoms with Crippen molar-refractivity contribution in [2.24, 2.45) is 0 Å². The van der Waals surface area contributed by atoms with E-state index in [1.807, 2.05) is 6.07 Å². The maximum absolute atomic E-state index is 11.8. The molecule has 2 rings (SSSR count). The summed E-state index contributed by atoms with van der Waals surface area (Å²) in [4.78, 5) is 24.9. The van der Waals surface area contributed by atoms with Gasteiger partial charge >= 0.3 is 0 Å². The van der Waals surface area contributed by atoms with Crippen LogP contribution in [0.15, 0.2) is 22.8 Å². The summed E-state index contributed by atoms with van der Waals surface area (Å²) in [6.45, 7) is 3.44. The summed E-state index contributed by atoms with van der Waals surface area (Å²) in [5, 5.41) is 2.80. The predicted octanol–water partition coefficient (Wildman–Crippen LogP) is 0.923. The average molecular weight is 280 g/mol. The molecule has 0 radical (unpaired) electrons. The number of amides is 2. The molecule has 1 atom stereocenters. The van der Waals surface area contributed by atoms with Gasteiger partial charge < -0.3 is 19.4 Å². The first-order valence-corrected chi connectivity index (χ1v) is 6.84. The number of furan rings is 1. The molecule has 0 bridgehead atoms. The highest BCUT2D eigenvalue weighted by Crippen LogP contribution is 2.11. The normalized spacial score (nSPS) is 17.9. The van der Waals surface area contributed by atoms with Crippen molar-refractivity contribution in [1.29, 1.82) is 0 Å². The van der Waals surface area contributed by atoms with Gasteiger partial charge in [-0.3, -0.25) is 9.59 Å². The van der Waals surface area contributed by atoms with E-state index in [0.29, 0.717) is 26.2 Å². The van der Waals surface area contributed by atoms with Gasteiger partial charge in [-0.05, 0) is 25.0 Å². The number of rotatable bonds is 6. The number of carbonyl (C=O) groups is 2. The Morgan fingerprint density at radius 3 is 2.95 bits per heavy atom. The molecule has 1 saturated heterocycles. The minimum atomic E-state index is -0.328. The van der Waals surface area contributed by atoms with Crippen molar-refractivity contribution >= 4 is 11.8 Å². The molecule has 0 aromatic carbocycles. The molecule has 110 valence electrons. The van der Waals surface area contributed by atoms with E-state index in [1.165, 1.54) is 6.92 Å². The van der Waals surface area contributed by atoms with E-state index < -0.39 is 0 Å². The molecular weight excluding hydrogens is 260 g/mol. The maximum atomic E-state index is 11.8. The van der Waals surface area contributed by atoms with Crippen molar-refractivity contribution in [1.82, 2.24) is 10.2 Å². The third kappa shape index (κ3) is 4.09. The van der Waals surface area contributed by atoms with Crippen molar-refractivity contribution in [2.45, 2.75) is 32.4 Å². The van der Waals surface area contributed by atoms with Gasteiger partial charge in [-0.2, -0.15) is 0 Å². The standard InChI is InChI=1S/C14H20N2O4/c1-11(17)16(10-12-4-2-8-19-12)7-6-15-14(18)13-5-3-9-20-13/h2,4,8,13H,3,5-7,9-10H2,1H3,(H,15,18). The summed E-state index contributed by atoms with van der Waals surface area (Å²) in [5.41, 5.74) is 0. The first-order valence-electron chi connectivity index (χ1n) is 6.84. The van der Waals surface area contributed by atoms with Gasteiger partial charge in [0.15, 0.2) is 0 Å². The van der Waals surface area contributed by atoms with Gasteiger partial charge in [0.05, 0.1) is 12.8 Å². The van der Waals surface area contributed by atoms with Crippen LogP contribution in [0, 0.1) is 0 Å². The third-order valence-corrected chi connectivity index (χ3v) is 3.28. The fourth-order valence-electron chi connectivity index (χ4n) is 2.15. The van der Waals surface area contributed by atoms with Crippen LogP contribution in [-0.4, -0.2) is 42.5 Å². The largest absolute Gasteiger partial charge is 0.467 e. The molecule has 0 saturated carbocycles. The molecule has 6 nitrogen and oxygen atoms in total. The molecule has 2 heterocycles. The molecule has 1 unspecified atom stereocenters. The summed E-state index contributed by atoms with van der Waals surface area (Å²) < 4.78 is 10.5. The fourth-order valence-corrected chi connectivity index (χ4v) is 2.15. The van der Waals surface area contributed by atoms with Gasteiger partial charge in [0.1, 0.15) is 11.9 Å². The molecule has 0 spiro atoms. The van der Waals surface area contributed by atoms with E-state index in [9.17, 15) is 9.59 Å². The Hall–Kier alpha value is -1.82. The van der Waals surface area contributed by atoms with Gasteiger partial charge in [0.2, 0.25) is 11.8 Å². The number of hydrogen-bond acceptors (Lipinski definition) is 4. The van der Waals surface area contributed by atoms with Crippen molar-refractivity contribution in [3.63, 3.8) is 0 Å². The number of ether oxygens (including phenoxy) is 1. The molecule has 2 amide bonds. The second kappa shape index (κ2) is 7.09. The molecule has 20 heavy (non-hydrogen) atoms. The van der Waals surface area contributed by atoms with Crippen molar-refractivity contribution in [3.8, 4) is 0 Å². The Morgan fingerprint density at radius 1 is 1.50 bits per heavy atom. The van der Waals surface area contributed by atoms with Crippen LogP contribution in [0.1, 0.15) is 25.5 Å². The highest BCUT2D eigenvalue weighted by atomic mass is 16.5. The molecule has 1 aliphatic heterocycles. The topological polar surface area (TPSA) is 71.8 Å². The molecule has 0 aliphatic carbocycles. The number of nitrogens with one attached hydrogen (secondary N) is 1. The number of carbonyl (C=O) groups excluding carboxylic acids is 2. The lowest BCUT2D eigenvalue weighted by Crippen LogP contribution is -2.40. The maximum Gasteiger partial charge on any atom is 0.249 e. The molecular formula is C14H20N2O4. The Labute approximate surface area is 118 Å². The molecule has 1 aromatic rings. The summed E-state index contributed by atoms with van der Waals surface area (Å²) in [7, 11) is 0.